The van der Waals surface area contributed by atoms with Gasteiger partial charge in [-0.05, 0) is 18.4 Å². The van der Waals surface area contributed by atoms with Crippen LogP contribution in [-0.4, -0.2) is 16.1 Å². The third-order valence-electron chi connectivity index (χ3n) is 2.13. The summed E-state index contributed by atoms with van der Waals surface area (Å²) in [5.41, 5.74) is 2.22. The first-order valence-electron chi connectivity index (χ1n) is 4.51. The van der Waals surface area contributed by atoms with E-state index in [4.69, 9.17) is 5.11 Å². The minimum Gasteiger partial charge on any atom is -0.478 e. The van der Waals surface area contributed by atoms with Gasteiger partial charge in [-0.2, -0.15) is 0 Å². The number of hydrogen-bond donors (Lipinski definition) is 2. The van der Waals surface area contributed by atoms with Crippen LogP contribution in [0.25, 0.3) is 0 Å². The number of aromatic nitrogens is 1. The highest BCUT2D eigenvalue weighted by Crippen LogP contribution is 2.18. The molecular formula is C10H15NO2. The molecule has 72 valence electrons. The molecule has 1 aromatic heterocycles. The van der Waals surface area contributed by atoms with Crippen molar-refractivity contribution in [3.05, 3.63) is 23.0 Å². The van der Waals surface area contributed by atoms with E-state index < -0.39 is 5.97 Å². The fourth-order valence-electron chi connectivity index (χ4n) is 1.30. The molecule has 0 radical (unpaired) electrons. The zero-order valence-corrected chi connectivity index (χ0v) is 8.22. The monoisotopic (exact) mass is 181 g/mol. The number of carbonyl (C=O) groups is 1. The van der Waals surface area contributed by atoms with Crippen molar-refractivity contribution >= 4 is 5.97 Å². The fourth-order valence-corrected chi connectivity index (χ4v) is 1.30. The molecular weight excluding hydrogens is 166 g/mol. The summed E-state index contributed by atoms with van der Waals surface area (Å²) < 4.78 is 0. The number of hydrogen-bond acceptors (Lipinski definition) is 1. The molecule has 0 aromatic carbocycles. The van der Waals surface area contributed by atoms with Crippen molar-refractivity contribution in [2.45, 2.75) is 33.1 Å². The summed E-state index contributed by atoms with van der Waals surface area (Å²) in [4.78, 5) is 13.9. The smallest absolute Gasteiger partial charge is 0.337 e. The Balaban J connectivity index is 3.11. The number of H-pyrrole nitrogens is 1. The van der Waals surface area contributed by atoms with E-state index in [0.29, 0.717) is 11.5 Å². The summed E-state index contributed by atoms with van der Waals surface area (Å²) in [6, 6.07) is 1.73. The molecule has 2 N–H and O–H groups in total. The summed E-state index contributed by atoms with van der Waals surface area (Å²) in [7, 11) is 0. The second kappa shape index (κ2) is 3.64. The lowest BCUT2D eigenvalue weighted by Crippen LogP contribution is -1.98. The van der Waals surface area contributed by atoms with E-state index in [1.807, 2.05) is 20.8 Å². The third kappa shape index (κ3) is 1.91. The van der Waals surface area contributed by atoms with Crippen LogP contribution in [-0.2, 0) is 6.42 Å². The van der Waals surface area contributed by atoms with Gasteiger partial charge in [0.05, 0.1) is 5.56 Å². The van der Waals surface area contributed by atoms with Crippen LogP contribution in [0.5, 0.6) is 0 Å². The number of carboxylic acids is 1. The first kappa shape index (κ1) is 9.84. The average molecular weight is 181 g/mol. The van der Waals surface area contributed by atoms with Gasteiger partial charge in [0.2, 0.25) is 0 Å². The molecule has 0 aliphatic carbocycles. The maximum absolute atomic E-state index is 10.8. The minimum absolute atomic E-state index is 0.346. The number of nitrogens with one attached hydrogen (secondary N) is 1. The number of carboxylic acid groups (broad SMARTS) is 1. The Kier molecular flexibility index (Phi) is 2.76. The van der Waals surface area contributed by atoms with Crippen LogP contribution in [0.4, 0.5) is 0 Å². The van der Waals surface area contributed by atoms with Gasteiger partial charge < -0.3 is 10.1 Å². The largest absolute Gasteiger partial charge is 0.478 e. The summed E-state index contributed by atoms with van der Waals surface area (Å²) in [5.74, 6) is -0.501. The van der Waals surface area contributed by atoms with E-state index in [2.05, 4.69) is 4.98 Å². The number of rotatable bonds is 3. The highest BCUT2D eigenvalue weighted by Gasteiger charge is 2.13. The van der Waals surface area contributed by atoms with Gasteiger partial charge in [-0.25, -0.2) is 4.79 Å². The first-order chi connectivity index (χ1) is 6.06. The quantitative estimate of drug-likeness (QED) is 0.752. The highest BCUT2D eigenvalue weighted by atomic mass is 16.4. The summed E-state index contributed by atoms with van der Waals surface area (Å²) in [6.07, 6.45) is 0.731. The number of aromatic amines is 1. The van der Waals surface area contributed by atoms with Crippen molar-refractivity contribution in [3.8, 4) is 0 Å². The van der Waals surface area contributed by atoms with Gasteiger partial charge in [0.25, 0.3) is 0 Å². The molecule has 0 aliphatic heterocycles. The molecule has 0 unspecified atom stereocenters. The Labute approximate surface area is 77.8 Å². The molecule has 0 saturated carbocycles. The molecule has 1 rings (SSSR count). The Morgan fingerprint density at radius 2 is 2.23 bits per heavy atom. The van der Waals surface area contributed by atoms with Crippen LogP contribution in [0.1, 0.15) is 48.4 Å². The van der Waals surface area contributed by atoms with Crippen LogP contribution in [0, 0.1) is 0 Å². The molecule has 3 heteroatoms. The van der Waals surface area contributed by atoms with E-state index in [-0.39, 0.29) is 0 Å². The minimum atomic E-state index is -0.847. The molecule has 3 nitrogen and oxygen atoms in total. The van der Waals surface area contributed by atoms with Crippen molar-refractivity contribution in [2.24, 2.45) is 0 Å². The van der Waals surface area contributed by atoms with Gasteiger partial charge in [0.15, 0.2) is 0 Å². The van der Waals surface area contributed by atoms with E-state index in [1.54, 1.807) is 6.07 Å². The van der Waals surface area contributed by atoms with E-state index >= 15 is 0 Å². The second-order valence-electron chi connectivity index (χ2n) is 3.43. The maximum Gasteiger partial charge on any atom is 0.337 e. The Morgan fingerprint density at radius 1 is 1.62 bits per heavy atom. The Hall–Kier alpha value is -1.25. The lowest BCUT2D eigenvalue weighted by atomic mass is 10.1. The molecule has 0 bridgehead atoms. The summed E-state index contributed by atoms with van der Waals surface area (Å²) >= 11 is 0. The Bertz CT molecular complexity index is 313. The van der Waals surface area contributed by atoms with Crippen LogP contribution in [0.3, 0.4) is 0 Å². The van der Waals surface area contributed by atoms with Gasteiger partial charge in [0, 0.05) is 11.4 Å². The summed E-state index contributed by atoms with van der Waals surface area (Å²) in [5, 5.41) is 8.87. The topological polar surface area (TPSA) is 53.1 Å². The predicted molar refractivity (Wildman–Crippen MR) is 51.2 cm³/mol. The second-order valence-corrected chi connectivity index (χ2v) is 3.43. The van der Waals surface area contributed by atoms with Gasteiger partial charge in [0.1, 0.15) is 0 Å². The van der Waals surface area contributed by atoms with Crippen LogP contribution in [0.2, 0.25) is 0 Å². The van der Waals surface area contributed by atoms with Crippen molar-refractivity contribution in [1.29, 1.82) is 0 Å². The molecule has 1 heterocycles. The van der Waals surface area contributed by atoms with Crippen LogP contribution < -0.4 is 0 Å². The molecule has 0 fully saturated rings. The standard InChI is InChI=1S/C10H15NO2/c1-4-8-7(10(12)13)5-9(11-8)6(2)3/h5-6,11H,4H2,1-3H3,(H,12,13). The van der Waals surface area contributed by atoms with Gasteiger partial charge >= 0.3 is 5.97 Å². The van der Waals surface area contributed by atoms with Crippen LogP contribution >= 0.6 is 0 Å². The highest BCUT2D eigenvalue weighted by molar-refractivity contribution is 5.89. The maximum atomic E-state index is 10.8. The first-order valence-corrected chi connectivity index (χ1v) is 4.51. The van der Waals surface area contributed by atoms with Gasteiger partial charge in [-0.15, -0.1) is 0 Å². The fraction of sp³-hybridized carbons (Fsp3) is 0.500. The molecule has 1 aromatic rings. The zero-order chi connectivity index (χ0) is 10.0. The van der Waals surface area contributed by atoms with Crippen molar-refractivity contribution in [2.75, 3.05) is 0 Å². The molecule has 0 aliphatic rings. The molecule has 0 saturated heterocycles. The number of aromatic carboxylic acids is 1. The van der Waals surface area contributed by atoms with Crippen molar-refractivity contribution in [3.63, 3.8) is 0 Å². The van der Waals surface area contributed by atoms with Crippen LogP contribution in [0.15, 0.2) is 6.07 Å². The lowest BCUT2D eigenvalue weighted by molar-refractivity contribution is 0.0696. The van der Waals surface area contributed by atoms with Crippen molar-refractivity contribution in [1.82, 2.24) is 4.98 Å². The predicted octanol–water partition coefficient (Wildman–Crippen LogP) is 2.40. The SMILES string of the molecule is CCc1[nH]c(C(C)C)cc1C(=O)O. The van der Waals surface area contributed by atoms with E-state index in [9.17, 15) is 4.79 Å². The van der Waals surface area contributed by atoms with Gasteiger partial charge in [-0.3, -0.25) is 0 Å². The number of aryl methyl sites for hydroxylation is 1. The van der Waals surface area contributed by atoms with Crippen molar-refractivity contribution < 1.29 is 9.90 Å². The lowest BCUT2D eigenvalue weighted by Gasteiger charge is -1.98. The molecule has 0 atom stereocenters. The average Bonchev–Trinajstić information content (AvgIpc) is 2.47. The normalized spacial score (nSPS) is 10.8. The third-order valence-corrected chi connectivity index (χ3v) is 2.13. The van der Waals surface area contributed by atoms with E-state index in [1.165, 1.54) is 0 Å². The van der Waals surface area contributed by atoms with Gasteiger partial charge in [-0.1, -0.05) is 20.8 Å². The van der Waals surface area contributed by atoms with E-state index in [0.717, 1.165) is 17.8 Å². The Morgan fingerprint density at radius 3 is 2.54 bits per heavy atom. The summed E-state index contributed by atoms with van der Waals surface area (Å²) in [6.45, 7) is 6.02. The molecule has 0 spiro atoms. The molecule has 0 amide bonds. The zero-order valence-electron chi connectivity index (χ0n) is 8.22. The molecule has 13 heavy (non-hydrogen) atoms.